The maximum Gasteiger partial charge on any atom is 0.0969 e. The molecule has 0 aromatic heterocycles. The summed E-state index contributed by atoms with van der Waals surface area (Å²) in [4.78, 5) is 0. The molecule has 0 amide bonds. The Morgan fingerprint density at radius 1 is 1.04 bits per heavy atom. The summed E-state index contributed by atoms with van der Waals surface area (Å²) >= 11 is 0. The molecule has 1 aromatic rings. The van der Waals surface area contributed by atoms with Gasteiger partial charge in [0.25, 0.3) is 0 Å². The fourth-order valence-corrected chi connectivity index (χ4v) is 4.23. The van der Waals surface area contributed by atoms with Crippen molar-refractivity contribution in [2.24, 2.45) is 5.41 Å². The van der Waals surface area contributed by atoms with Crippen LogP contribution in [0.4, 0.5) is 0 Å². The Hall–Kier alpha value is -1.54. The van der Waals surface area contributed by atoms with E-state index in [0.29, 0.717) is 13.0 Å². The van der Waals surface area contributed by atoms with Crippen LogP contribution >= 0.6 is 0 Å². The highest BCUT2D eigenvalue weighted by atomic mass is 16.5. The SMILES string of the molecule is CCC(O)(CC)CCOC1=CC(C)(C)C2=C(C1)Cc1ccccc1C2. The summed E-state index contributed by atoms with van der Waals surface area (Å²) in [6, 6.07) is 8.81. The fourth-order valence-electron chi connectivity index (χ4n) is 4.23. The molecule has 3 rings (SSSR count). The number of benzene rings is 1. The van der Waals surface area contributed by atoms with Crippen LogP contribution in [-0.2, 0) is 17.6 Å². The van der Waals surface area contributed by atoms with Gasteiger partial charge in [-0.3, -0.25) is 0 Å². The van der Waals surface area contributed by atoms with Gasteiger partial charge in [0, 0.05) is 18.3 Å². The summed E-state index contributed by atoms with van der Waals surface area (Å²) in [6.07, 6.45) is 7.59. The molecule has 1 N–H and O–H groups in total. The number of rotatable bonds is 6. The highest BCUT2D eigenvalue weighted by Crippen LogP contribution is 2.44. The topological polar surface area (TPSA) is 29.5 Å². The average molecular weight is 341 g/mol. The van der Waals surface area contributed by atoms with Gasteiger partial charge in [-0.05, 0) is 42.9 Å². The van der Waals surface area contributed by atoms with E-state index >= 15 is 0 Å². The van der Waals surface area contributed by atoms with Crippen LogP contribution in [0.15, 0.2) is 47.2 Å². The Kier molecular flexibility index (Phi) is 5.11. The number of aliphatic hydroxyl groups is 1. The Morgan fingerprint density at radius 3 is 2.32 bits per heavy atom. The molecule has 0 atom stereocenters. The van der Waals surface area contributed by atoms with E-state index in [2.05, 4.69) is 44.2 Å². The number of fused-ring (bicyclic) bond motifs is 1. The molecule has 1 aromatic carbocycles. The monoisotopic (exact) mass is 340 g/mol. The van der Waals surface area contributed by atoms with Crippen molar-refractivity contribution in [3.63, 3.8) is 0 Å². The molecule has 2 nitrogen and oxygen atoms in total. The summed E-state index contributed by atoms with van der Waals surface area (Å²) in [5, 5.41) is 10.4. The zero-order valence-corrected chi connectivity index (χ0v) is 16.2. The van der Waals surface area contributed by atoms with Gasteiger partial charge in [-0.25, -0.2) is 0 Å². The largest absolute Gasteiger partial charge is 0.498 e. The Labute approximate surface area is 152 Å². The minimum atomic E-state index is -0.584. The quantitative estimate of drug-likeness (QED) is 0.707. The molecule has 2 aliphatic rings. The smallest absolute Gasteiger partial charge is 0.0969 e. The van der Waals surface area contributed by atoms with Gasteiger partial charge in [-0.1, -0.05) is 63.1 Å². The Bertz CT molecular complexity index is 690. The molecule has 0 aliphatic heterocycles. The second-order valence-corrected chi connectivity index (χ2v) is 8.24. The molecule has 0 heterocycles. The molecule has 0 radical (unpaired) electrons. The van der Waals surface area contributed by atoms with Crippen LogP contribution in [0, 0.1) is 5.41 Å². The molecule has 0 saturated carbocycles. The first-order valence-corrected chi connectivity index (χ1v) is 9.72. The predicted octanol–water partition coefficient (Wildman–Crippen LogP) is 5.35. The van der Waals surface area contributed by atoms with Crippen molar-refractivity contribution in [2.75, 3.05) is 6.61 Å². The van der Waals surface area contributed by atoms with Crippen LogP contribution < -0.4 is 0 Å². The first-order chi connectivity index (χ1) is 11.9. The number of hydrogen-bond acceptors (Lipinski definition) is 2. The Morgan fingerprint density at radius 2 is 1.68 bits per heavy atom. The van der Waals surface area contributed by atoms with Crippen LogP contribution in [0.5, 0.6) is 0 Å². The van der Waals surface area contributed by atoms with E-state index in [1.54, 1.807) is 5.57 Å². The second kappa shape index (κ2) is 6.99. The van der Waals surface area contributed by atoms with Gasteiger partial charge in [0.2, 0.25) is 0 Å². The molecule has 136 valence electrons. The van der Waals surface area contributed by atoms with Crippen LogP contribution in [0.25, 0.3) is 0 Å². The highest BCUT2D eigenvalue weighted by Gasteiger charge is 2.33. The summed E-state index contributed by atoms with van der Waals surface area (Å²) in [5.74, 6) is 1.08. The molecule has 2 heteroatoms. The molecule has 2 aliphatic carbocycles. The number of hydrogen-bond donors (Lipinski definition) is 1. The molecular formula is C23H32O2. The molecule has 0 spiro atoms. The zero-order chi connectivity index (χ0) is 18.1. The molecule has 0 fully saturated rings. The number of allylic oxidation sites excluding steroid dienone is 3. The van der Waals surface area contributed by atoms with Crippen LogP contribution in [0.1, 0.15) is 64.5 Å². The summed E-state index contributed by atoms with van der Waals surface area (Å²) in [6.45, 7) is 9.28. The maximum absolute atomic E-state index is 10.4. The standard InChI is InChI=1S/C23H32O2/c1-5-23(24,6-2)11-12-25-20-14-19-13-17-9-7-8-10-18(17)15-21(19)22(3,4)16-20/h7-10,16,24H,5-6,11-15H2,1-4H3. The van der Waals surface area contributed by atoms with Crippen molar-refractivity contribution in [3.8, 4) is 0 Å². The Balaban J connectivity index is 1.69. The van der Waals surface area contributed by atoms with Crippen LogP contribution in [-0.4, -0.2) is 17.3 Å². The predicted molar refractivity (Wildman–Crippen MR) is 103 cm³/mol. The van der Waals surface area contributed by atoms with Crippen molar-refractivity contribution >= 4 is 0 Å². The van der Waals surface area contributed by atoms with Gasteiger partial charge in [-0.2, -0.15) is 0 Å². The molecule has 25 heavy (non-hydrogen) atoms. The van der Waals surface area contributed by atoms with E-state index in [1.807, 2.05) is 13.8 Å². The van der Waals surface area contributed by atoms with Crippen molar-refractivity contribution in [2.45, 2.75) is 71.8 Å². The average Bonchev–Trinajstić information content (AvgIpc) is 2.60. The third-order valence-corrected chi connectivity index (χ3v) is 6.17. The van der Waals surface area contributed by atoms with E-state index in [9.17, 15) is 5.11 Å². The molecule has 0 bridgehead atoms. The fraction of sp³-hybridized carbons (Fsp3) is 0.565. The highest BCUT2D eigenvalue weighted by molar-refractivity contribution is 5.46. The third kappa shape index (κ3) is 3.84. The number of ether oxygens (including phenoxy) is 1. The molecule has 0 saturated heterocycles. The van der Waals surface area contributed by atoms with Crippen molar-refractivity contribution < 1.29 is 9.84 Å². The van der Waals surface area contributed by atoms with Gasteiger partial charge in [0.1, 0.15) is 0 Å². The van der Waals surface area contributed by atoms with Gasteiger partial charge in [0.05, 0.1) is 18.0 Å². The minimum Gasteiger partial charge on any atom is -0.498 e. The van der Waals surface area contributed by atoms with Gasteiger partial charge < -0.3 is 9.84 Å². The summed E-state index contributed by atoms with van der Waals surface area (Å²) < 4.78 is 6.12. The normalized spacial score (nSPS) is 19.2. The van der Waals surface area contributed by atoms with Crippen molar-refractivity contribution in [3.05, 3.63) is 58.4 Å². The second-order valence-electron chi connectivity index (χ2n) is 8.24. The van der Waals surface area contributed by atoms with E-state index in [-0.39, 0.29) is 5.41 Å². The van der Waals surface area contributed by atoms with Crippen molar-refractivity contribution in [1.82, 2.24) is 0 Å². The van der Waals surface area contributed by atoms with E-state index in [1.165, 1.54) is 16.7 Å². The molecular weight excluding hydrogens is 308 g/mol. The molecule has 0 unspecified atom stereocenters. The van der Waals surface area contributed by atoms with E-state index < -0.39 is 5.60 Å². The summed E-state index contributed by atoms with van der Waals surface area (Å²) in [7, 11) is 0. The lowest BCUT2D eigenvalue weighted by Crippen LogP contribution is -2.29. The first kappa shape index (κ1) is 18.3. The van der Waals surface area contributed by atoms with Crippen molar-refractivity contribution in [1.29, 1.82) is 0 Å². The van der Waals surface area contributed by atoms with E-state index in [4.69, 9.17) is 4.74 Å². The first-order valence-electron chi connectivity index (χ1n) is 9.72. The van der Waals surface area contributed by atoms with Gasteiger partial charge in [0.15, 0.2) is 0 Å². The van der Waals surface area contributed by atoms with Crippen LogP contribution in [0.2, 0.25) is 0 Å². The van der Waals surface area contributed by atoms with E-state index in [0.717, 1.165) is 37.9 Å². The van der Waals surface area contributed by atoms with Gasteiger partial charge in [-0.15, -0.1) is 0 Å². The lowest BCUT2D eigenvalue weighted by Gasteiger charge is -2.37. The maximum atomic E-state index is 10.4. The lowest BCUT2D eigenvalue weighted by molar-refractivity contribution is 0.00285. The third-order valence-electron chi connectivity index (χ3n) is 6.17. The van der Waals surface area contributed by atoms with Gasteiger partial charge >= 0.3 is 0 Å². The minimum absolute atomic E-state index is 0.0439. The van der Waals surface area contributed by atoms with Crippen LogP contribution in [0.3, 0.4) is 0 Å². The summed E-state index contributed by atoms with van der Waals surface area (Å²) in [5.41, 5.74) is 5.49. The lowest BCUT2D eigenvalue weighted by atomic mass is 9.69. The zero-order valence-electron chi connectivity index (χ0n) is 16.2.